The summed E-state index contributed by atoms with van der Waals surface area (Å²) in [5.41, 5.74) is 1.92. The Morgan fingerprint density at radius 1 is 1.00 bits per heavy atom. The molecule has 126 valence electrons. The van der Waals surface area contributed by atoms with Gasteiger partial charge >= 0.3 is 5.97 Å². The molecule has 1 aromatic heterocycles. The quantitative estimate of drug-likeness (QED) is 0.649. The van der Waals surface area contributed by atoms with Crippen LogP contribution in [0.1, 0.15) is 20.7 Å². The molecule has 25 heavy (non-hydrogen) atoms. The van der Waals surface area contributed by atoms with E-state index in [1.165, 1.54) is 35.6 Å². The maximum atomic E-state index is 12.2. The first-order valence-electron chi connectivity index (χ1n) is 6.99. The first-order chi connectivity index (χ1) is 11.9. The smallest absolute Gasteiger partial charge is 0.335 e. The number of carboxylic acids is 1. The number of nitrogens with one attached hydrogen (secondary N) is 1. The maximum Gasteiger partial charge on any atom is 0.335 e. The van der Waals surface area contributed by atoms with Gasteiger partial charge in [-0.05, 0) is 36.4 Å². The molecule has 0 radical (unpaired) electrons. The number of aromatic carboxylic acids is 1. The Hall–Kier alpha value is -2.41. The average molecular weight is 393 g/mol. The van der Waals surface area contributed by atoms with E-state index in [-0.39, 0.29) is 11.5 Å². The van der Waals surface area contributed by atoms with Crippen molar-refractivity contribution in [2.24, 2.45) is 0 Å². The van der Waals surface area contributed by atoms with Gasteiger partial charge in [0.25, 0.3) is 5.91 Å². The normalized spacial score (nSPS) is 10.5. The van der Waals surface area contributed by atoms with Crippen LogP contribution in [0.15, 0.2) is 47.8 Å². The van der Waals surface area contributed by atoms with Gasteiger partial charge in [0, 0.05) is 16.5 Å². The van der Waals surface area contributed by atoms with E-state index < -0.39 is 5.97 Å². The number of aromatic nitrogens is 1. The van der Waals surface area contributed by atoms with Gasteiger partial charge in [-0.2, -0.15) is 0 Å². The highest BCUT2D eigenvalue weighted by atomic mass is 35.5. The van der Waals surface area contributed by atoms with Gasteiger partial charge < -0.3 is 5.11 Å². The molecule has 0 aliphatic rings. The summed E-state index contributed by atoms with van der Waals surface area (Å²) >= 11 is 13.2. The highest BCUT2D eigenvalue weighted by molar-refractivity contribution is 7.14. The lowest BCUT2D eigenvalue weighted by molar-refractivity contribution is 0.0696. The molecule has 0 fully saturated rings. The van der Waals surface area contributed by atoms with Crippen LogP contribution >= 0.6 is 34.5 Å². The lowest BCUT2D eigenvalue weighted by atomic mass is 10.1. The summed E-state index contributed by atoms with van der Waals surface area (Å²) in [7, 11) is 0. The highest BCUT2D eigenvalue weighted by Gasteiger charge is 2.12. The predicted octanol–water partition coefficient (Wildman–Crippen LogP) is 5.07. The van der Waals surface area contributed by atoms with E-state index in [4.69, 9.17) is 28.3 Å². The molecule has 5 nitrogen and oxygen atoms in total. The molecule has 0 aliphatic carbocycles. The van der Waals surface area contributed by atoms with Crippen LogP contribution in [0, 0.1) is 0 Å². The van der Waals surface area contributed by atoms with Crippen LogP contribution in [-0.2, 0) is 0 Å². The molecule has 0 unspecified atom stereocenters. The molecule has 2 N–H and O–H groups in total. The van der Waals surface area contributed by atoms with Crippen molar-refractivity contribution in [1.82, 2.24) is 4.98 Å². The Morgan fingerprint density at radius 3 is 2.32 bits per heavy atom. The van der Waals surface area contributed by atoms with E-state index in [0.29, 0.717) is 26.4 Å². The van der Waals surface area contributed by atoms with E-state index in [0.717, 1.165) is 5.56 Å². The number of anilines is 1. The van der Waals surface area contributed by atoms with Crippen molar-refractivity contribution in [3.05, 3.63) is 69.0 Å². The molecule has 3 rings (SSSR count). The SMILES string of the molecule is O=C(O)c1ccc(C(=O)Nc2nc(-c3ccc(Cl)c(Cl)c3)cs2)cc1. The molecule has 0 saturated heterocycles. The monoisotopic (exact) mass is 392 g/mol. The van der Waals surface area contributed by atoms with Crippen molar-refractivity contribution in [1.29, 1.82) is 0 Å². The van der Waals surface area contributed by atoms with Crippen LogP contribution < -0.4 is 5.32 Å². The summed E-state index contributed by atoms with van der Waals surface area (Å²) in [5, 5.41) is 14.7. The van der Waals surface area contributed by atoms with Gasteiger partial charge in [-0.3, -0.25) is 10.1 Å². The number of carbonyl (C=O) groups is 2. The van der Waals surface area contributed by atoms with Crippen molar-refractivity contribution in [3.8, 4) is 11.3 Å². The largest absolute Gasteiger partial charge is 0.478 e. The fraction of sp³-hybridized carbons (Fsp3) is 0. The zero-order valence-electron chi connectivity index (χ0n) is 12.5. The topological polar surface area (TPSA) is 79.3 Å². The molecule has 1 amide bonds. The molecule has 3 aromatic rings. The Bertz CT molecular complexity index is 955. The number of hydrogen-bond donors (Lipinski definition) is 2. The van der Waals surface area contributed by atoms with Crippen LogP contribution in [0.2, 0.25) is 10.0 Å². The second-order valence-corrected chi connectivity index (χ2v) is 6.68. The van der Waals surface area contributed by atoms with Gasteiger partial charge in [0.2, 0.25) is 0 Å². The molecule has 0 atom stereocenters. The number of benzene rings is 2. The Kier molecular flexibility index (Phi) is 5.03. The van der Waals surface area contributed by atoms with Gasteiger partial charge in [-0.25, -0.2) is 9.78 Å². The second kappa shape index (κ2) is 7.23. The van der Waals surface area contributed by atoms with Crippen molar-refractivity contribution >= 4 is 51.5 Å². The van der Waals surface area contributed by atoms with Crippen molar-refractivity contribution in [2.75, 3.05) is 5.32 Å². The predicted molar refractivity (Wildman–Crippen MR) is 98.9 cm³/mol. The molecule has 0 bridgehead atoms. The van der Waals surface area contributed by atoms with Gasteiger partial charge in [-0.15, -0.1) is 11.3 Å². The zero-order chi connectivity index (χ0) is 18.0. The van der Waals surface area contributed by atoms with E-state index >= 15 is 0 Å². The average Bonchev–Trinajstić information content (AvgIpc) is 3.06. The number of carboxylic acid groups (broad SMARTS) is 1. The van der Waals surface area contributed by atoms with Gasteiger partial charge in [0.1, 0.15) is 0 Å². The highest BCUT2D eigenvalue weighted by Crippen LogP contribution is 2.30. The molecule has 0 aliphatic heterocycles. The van der Waals surface area contributed by atoms with Gasteiger partial charge in [0.05, 0.1) is 21.3 Å². The molecular weight excluding hydrogens is 383 g/mol. The third kappa shape index (κ3) is 3.99. The summed E-state index contributed by atoms with van der Waals surface area (Å²) in [4.78, 5) is 27.4. The van der Waals surface area contributed by atoms with E-state index in [1.807, 2.05) is 0 Å². The lowest BCUT2D eigenvalue weighted by Gasteiger charge is -2.02. The van der Waals surface area contributed by atoms with Crippen LogP contribution in [0.3, 0.4) is 0 Å². The number of rotatable bonds is 4. The van der Waals surface area contributed by atoms with Gasteiger partial charge in [-0.1, -0.05) is 29.3 Å². The van der Waals surface area contributed by atoms with Crippen LogP contribution in [0.25, 0.3) is 11.3 Å². The molecule has 0 spiro atoms. The standard InChI is InChI=1S/C17H10Cl2N2O3S/c18-12-6-5-11(7-13(12)19)14-8-25-17(20-14)21-15(22)9-1-3-10(4-2-9)16(23)24/h1-8H,(H,23,24)(H,20,21,22). The number of amides is 1. The summed E-state index contributed by atoms with van der Waals surface area (Å²) in [6.07, 6.45) is 0. The third-order valence-electron chi connectivity index (χ3n) is 3.33. The first kappa shape index (κ1) is 17.4. The minimum Gasteiger partial charge on any atom is -0.478 e. The van der Waals surface area contributed by atoms with E-state index in [1.54, 1.807) is 23.6 Å². The Balaban J connectivity index is 1.75. The summed E-state index contributed by atoms with van der Waals surface area (Å²) < 4.78 is 0. The van der Waals surface area contributed by atoms with Crippen molar-refractivity contribution < 1.29 is 14.7 Å². The number of halogens is 2. The Labute approximate surface area is 156 Å². The second-order valence-electron chi connectivity index (χ2n) is 5.00. The fourth-order valence-corrected chi connectivity index (χ4v) is 3.07. The van der Waals surface area contributed by atoms with Crippen molar-refractivity contribution in [2.45, 2.75) is 0 Å². The van der Waals surface area contributed by atoms with Crippen LogP contribution in [0.5, 0.6) is 0 Å². The maximum absolute atomic E-state index is 12.2. The van der Waals surface area contributed by atoms with E-state index in [9.17, 15) is 9.59 Å². The molecule has 0 saturated carbocycles. The fourth-order valence-electron chi connectivity index (χ4n) is 2.05. The van der Waals surface area contributed by atoms with Gasteiger partial charge in [0.15, 0.2) is 5.13 Å². The van der Waals surface area contributed by atoms with E-state index in [2.05, 4.69) is 10.3 Å². The van der Waals surface area contributed by atoms with Crippen LogP contribution in [-0.4, -0.2) is 22.0 Å². The molecule has 2 aromatic carbocycles. The summed E-state index contributed by atoms with van der Waals surface area (Å²) in [6.45, 7) is 0. The first-order valence-corrected chi connectivity index (χ1v) is 8.63. The van der Waals surface area contributed by atoms with Crippen molar-refractivity contribution in [3.63, 3.8) is 0 Å². The molecule has 1 heterocycles. The zero-order valence-corrected chi connectivity index (χ0v) is 14.8. The number of thiazole rings is 1. The number of hydrogen-bond acceptors (Lipinski definition) is 4. The number of nitrogens with zero attached hydrogens (tertiary/aromatic N) is 1. The molecule has 8 heteroatoms. The van der Waals surface area contributed by atoms with Crippen LogP contribution in [0.4, 0.5) is 5.13 Å². The minimum absolute atomic E-state index is 0.118. The lowest BCUT2D eigenvalue weighted by Crippen LogP contribution is -2.12. The number of carbonyl (C=O) groups excluding carboxylic acids is 1. The summed E-state index contributed by atoms with van der Waals surface area (Å²) in [6, 6.07) is 10.8. The minimum atomic E-state index is -1.04. The third-order valence-corrected chi connectivity index (χ3v) is 4.83. The molecular formula is C17H10Cl2N2O3S. The Morgan fingerprint density at radius 2 is 1.68 bits per heavy atom. The summed E-state index contributed by atoms with van der Waals surface area (Å²) in [5.74, 6) is -1.41.